The Bertz CT molecular complexity index is 828. The van der Waals surface area contributed by atoms with E-state index in [0.717, 1.165) is 17.5 Å². The summed E-state index contributed by atoms with van der Waals surface area (Å²) in [5.41, 5.74) is 8.18. The van der Waals surface area contributed by atoms with Crippen molar-refractivity contribution in [1.82, 2.24) is 0 Å². The molecule has 0 amide bonds. The molecule has 2 aromatic carbocycles. The van der Waals surface area contributed by atoms with E-state index in [9.17, 15) is 13.5 Å². The second kappa shape index (κ2) is 5.99. The Labute approximate surface area is 143 Å². The highest BCUT2D eigenvalue weighted by Gasteiger charge is 2.69. The molecule has 0 saturated heterocycles. The van der Waals surface area contributed by atoms with Gasteiger partial charge in [0, 0.05) is 5.92 Å². The normalized spacial score (nSPS) is 26.3. The lowest BCUT2D eigenvalue weighted by Crippen LogP contribution is -2.35. The number of nitrogens with two attached hydrogens (primary N) is 1. The highest BCUT2D eigenvalue weighted by Crippen LogP contribution is 2.55. The summed E-state index contributed by atoms with van der Waals surface area (Å²) in [7, 11) is -3.60. The van der Waals surface area contributed by atoms with E-state index in [-0.39, 0.29) is 17.4 Å². The number of benzene rings is 2. The van der Waals surface area contributed by atoms with Crippen molar-refractivity contribution in [1.29, 1.82) is 0 Å². The zero-order chi connectivity index (χ0) is 17.5. The van der Waals surface area contributed by atoms with Gasteiger partial charge in [0.05, 0.1) is 22.3 Å². The maximum atomic E-state index is 13.0. The average molecular weight is 345 g/mol. The van der Waals surface area contributed by atoms with E-state index in [1.807, 2.05) is 31.2 Å². The maximum absolute atomic E-state index is 13.0. The number of hydrogen-bond acceptors (Lipinski definition) is 4. The van der Waals surface area contributed by atoms with E-state index in [2.05, 4.69) is 6.92 Å². The molecule has 1 aliphatic rings. The van der Waals surface area contributed by atoms with Crippen LogP contribution in [0.15, 0.2) is 53.4 Å². The molecule has 1 saturated carbocycles. The van der Waals surface area contributed by atoms with Crippen LogP contribution in [0.3, 0.4) is 0 Å². The van der Waals surface area contributed by atoms with Crippen LogP contribution >= 0.6 is 0 Å². The fourth-order valence-corrected chi connectivity index (χ4v) is 5.70. The molecule has 0 radical (unpaired) electrons. The first-order chi connectivity index (χ1) is 11.3. The molecule has 0 aromatic heterocycles. The van der Waals surface area contributed by atoms with Crippen molar-refractivity contribution < 1.29 is 13.5 Å². The number of aryl methyl sites for hydroxylation is 2. The predicted octanol–water partition coefficient (Wildman–Crippen LogP) is 2.19. The van der Waals surface area contributed by atoms with Crippen molar-refractivity contribution in [3.05, 3.63) is 65.2 Å². The summed E-state index contributed by atoms with van der Waals surface area (Å²) in [4.78, 5) is 0.258. The highest BCUT2D eigenvalue weighted by atomic mass is 32.2. The molecule has 4 nitrogen and oxygen atoms in total. The molecule has 0 spiro atoms. The van der Waals surface area contributed by atoms with Crippen LogP contribution in [0.5, 0.6) is 0 Å². The van der Waals surface area contributed by atoms with E-state index in [0.29, 0.717) is 0 Å². The molecule has 2 aromatic rings. The minimum Gasteiger partial charge on any atom is -0.394 e. The topological polar surface area (TPSA) is 80.4 Å². The summed E-state index contributed by atoms with van der Waals surface area (Å²) in [5.74, 6) is -0.389. The van der Waals surface area contributed by atoms with Gasteiger partial charge in [0.2, 0.25) is 0 Å². The van der Waals surface area contributed by atoms with Crippen LogP contribution < -0.4 is 5.73 Å². The Morgan fingerprint density at radius 1 is 1.08 bits per heavy atom. The van der Waals surface area contributed by atoms with Crippen LogP contribution in [0, 0.1) is 6.92 Å². The highest BCUT2D eigenvalue weighted by molar-refractivity contribution is 7.92. The molecule has 1 fully saturated rings. The molecule has 3 atom stereocenters. The van der Waals surface area contributed by atoms with Crippen molar-refractivity contribution in [3.63, 3.8) is 0 Å². The number of hydrogen-bond donors (Lipinski definition) is 2. The van der Waals surface area contributed by atoms with Gasteiger partial charge >= 0.3 is 0 Å². The van der Waals surface area contributed by atoms with Gasteiger partial charge in [-0.05, 0) is 36.6 Å². The van der Waals surface area contributed by atoms with E-state index in [4.69, 9.17) is 5.73 Å². The lowest BCUT2D eigenvalue weighted by molar-refractivity contribution is 0.253. The first-order valence-electron chi connectivity index (χ1n) is 8.13. The summed E-state index contributed by atoms with van der Waals surface area (Å²) in [6.07, 6.45) is 0.920. The summed E-state index contributed by atoms with van der Waals surface area (Å²) in [5, 5.41) is 8.93. The quantitative estimate of drug-likeness (QED) is 0.870. The summed E-state index contributed by atoms with van der Waals surface area (Å²) < 4.78 is 26.0. The van der Waals surface area contributed by atoms with Crippen molar-refractivity contribution >= 4 is 9.84 Å². The third-order valence-electron chi connectivity index (χ3n) is 5.01. The monoisotopic (exact) mass is 345 g/mol. The number of aliphatic hydroxyl groups is 1. The fraction of sp³-hybridized carbons (Fsp3) is 0.368. The van der Waals surface area contributed by atoms with E-state index < -0.39 is 20.6 Å². The Morgan fingerprint density at radius 2 is 1.67 bits per heavy atom. The first kappa shape index (κ1) is 17.1. The molecule has 0 heterocycles. The molecule has 3 rings (SSSR count). The zero-order valence-electron chi connectivity index (χ0n) is 13.9. The van der Waals surface area contributed by atoms with Crippen LogP contribution in [-0.2, 0) is 16.3 Å². The third kappa shape index (κ3) is 2.66. The minimum absolute atomic E-state index is 0.258. The lowest BCUT2D eigenvalue weighted by atomic mass is 10.0. The van der Waals surface area contributed by atoms with Crippen LogP contribution in [0.2, 0.25) is 0 Å². The molecule has 0 bridgehead atoms. The molecule has 5 heteroatoms. The molecule has 3 N–H and O–H groups in total. The second-order valence-corrected chi connectivity index (χ2v) is 8.69. The smallest absolute Gasteiger partial charge is 0.183 e. The lowest BCUT2D eigenvalue weighted by Gasteiger charge is -2.08. The second-order valence-electron chi connectivity index (χ2n) is 6.62. The molecular weight excluding hydrogens is 322 g/mol. The summed E-state index contributed by atoms with van der Waals surface area (Å²) in [6.45, 7) is 3.62. The third-order valence-corrected chi connectivity index (χ3v) is 7.32. The van der Waals surface area contributed by atoms with Gasteiger partial charge in [0.1, 0.15) is 0 Å². The fourth-order valence-electron chi connectivity index (χ4n) is 3.40. The van der Waals surface area contributed by atoms with E-state index >= 15 is 0 Å². The molecular formula is C19H23NO3S. The Kier molecular flexibility index (Phi) is 4.28. The number of sulfone groups is 1. The largest absolute Gasteiger partial charge is 0.394 e. The van der Waals surface area contributed by atoms with Gasteiger partial charge in [-0.3, -0.25) is 0 Å². The standard InChI is InChI=1S/C19H23NO3S/c1-3-14-6-8-15(9-7-14)17-18(19(17,20)12-21)24(22,23)16-10-4-13(2)5-11-16/h4-11,17-18,21H,3,12,20H2,1-2H3/t17-,18+,19-/m1/s1. The van der Waals surface area contributed by atoms with E-state index in [1.54, 1.807) is 24.3 Å². The molecule has 0 aliphatic heterocycles. The van der Waals surface area contributed by atoms with Gasteiger partial charge in [-0.1, -0.05) is 48.9 Å². The minimum atomic E-state index is -3.60. The average Bonchev–Trinajstić information content (AvgIpc) is 3.23. The van der Waals surface area contributed by atoms with Crippen LogP contribution in [0.25, 0.3) is 0 Å². The molecule has 24 heavy (non-hydrogen) atoms. The van der Waals surface area contributed by atoms with Crippen LogP contribution in [-0.4, -0.2) is 30.9 Å². The Morgan fingerprint density at radius 3 is 2.17 bits per heavy atom. The van der Waals surface area contributed by atoms with Crippen molar-refractivity contribution in [3.8, 4) is 0 Å². The van der Waals surface area contributed by atoms with Gasteiger partial charge in [0.25, 0.3) is 0 Å². The van der Waals surface area contributed by atoms with Crippen LogP contribution in [0.4, 0.5) is 0 Å². The van der Waals surface area contributed by atoms with Gasteiger partial charge in [-0.15, -0.1) is 0 Å². The van der Waals surface area contributed by atoms with Gasteiger partial charge in [-0.2, -0.15) is 0 Å². The van der Waals surface area contributed by atoms with Crippen molar-refractivity contribution in [2.75, 3.05) is 6.61 Å². The number of aliphatic hydroxyl groups excluding tert-OH is 1. The number of rotatable bonds is 5. The molecule has 0 unspecified atom stereocenters. The summed E-state index contributed by atoms with van der Waals surface area (Å²) >= 11 is 0. The molecule has 128 valence electrons. The Balaban J connectivity index is 1.98. The van der Waals surface area contributed by atoms with Gasteiger partial charge in [0.15, 0.2) is 9.84 Å². The van der Waals surface area contributed by atoms with Crippen LogP contribution in [0.1, 0.15) is 29.5 Å². The first-order valence-corrected chi connectivity index (χ1v) is 9.68. The zero-order valence-corrected chi connectivity index (χ0v) is 14.8. The summed E-state index contributed by atoms with van der Waals surface area (Å²) in [6, 6.07) is 14.6. The van der Waals surface area contributed by atoms with Crippen molar-refractivity contribution in [2.45, 2.75) is 41.9 Å². The Hall–Kier alpha value is -1.69. The van der Waals surface area contributed by atoms with E-state index in [1.165, 1.54) is 5.56 Å². The SMILES string of the molecule is CCc1ccc([C@@H]2[C@H](S(=O)(=O)c3ccc(C)cc3)[C@@]2(N)CO)cc1. The predicted molar refractivity (Wildman–Crippen MR) is 94.7 cm³/mol. The van der Waals surface area contributed by atoms with Gasteiger partial charge in [-0.25, -0.2) is 8.42 Å². The molecule has 1 aliphatic carbocycles. The van der Waals surface area contributed by atoms with Crippen molar-refractivity contribution in [2.24, 2.45) is 5.73 Å². The maximum Gasteiger partial charge on any atom is 0.183 e. The van der Waals surface area contributed by atoms with Gasteiger partial charge < -0.3 is 10.8 Å².